The van der Waals surface area contributed by atoms with Gasteiger partial charge in [0.05, 0.1) is 0 Å². The second-order valence-electron chi connectivity index (χ2n) is 6.55. The third kappa shape index (κ3) is 3.51. The maximum Gasteiger partial charge on any atom is 0.166 e. The molecule has 0 aliphatic heterocycles. The fraction of sp³-hybridized carbons (Fsp3) is 0.333. The van der Waals surface area contributed by atoms with Crippen LogP contribution in [0.3, 0.4) is 0 Å². The van der Waals surface area contributed by atoms with Crippen molar-refractivity contribution in [1.29, 1.82) is 0 Å². The smallest absolute Gasteiger partial charge is 0.166 e. The van der Waals surface area contributed by atoms with E-state index >= 15 is 0 Å². The lowest BCUT2D eigenvalue weighted by Crippen LogP contribution is -2.19. The van der Waals surface area contributed by atoms with E-state index in [9.17, 15) is 4.57 Å². The number of hydrogen-bond acceptors (Lipinski definition) is 1. The largest absolute Gasteiger partial charge is 0.309 e. The van der Waals surface area contributed by atoms with Crippen LogP contribution in [0.15, 0.2) is 72.6 Å². The van der Waals surface area contributed by atoms with Crippen molar-refractivity contribution in [2.45, 2.75) is 38.5 Å². The van der Waals surface area contributed by atoms with Crippen molar-refractivity contribution >= 4 is 17.8 Å². The summed E-state index contributed by atoms with van der Waals surface area (Å²) >= 11 is 0. The van der Waals surface area contributed by atoms with Gasteiger partial charge in [-0.1, -0.05) is 99.3 Å². The zero-order valence-electron chi connectivity index (χ0n) is 13.7. The van der Waals surface area contributed by atoms with E-state index in [4.69, 9.17) is 0 Å². The van der Waals surface area contributed by atoms with Crippen LogP contribution in [-0.2, 0) is 4.57 Å². The highest BCUT2D eigenvalue weighted by molar-refractivity contribution is 7.82. The predicted octanol–water partition coefficient (Wildman–Crippen LogP) is 5.48. The maximum absolute atomic E-state index is 14.1. The summed E-state index contributed by atoms with van der Waals surface area (Å²) in [6, 6.07) is 19.8. The van der Waals surface area contributed by atoms with E-state index in [2.05, 4.69) is 6.58 Å². The van der Waals surface area contributed by atoms with Gasteiger partial charge in [0.15, 0.2) is 7.14 Å². The Bertz CT molecular complexity index is 641. The van der Waals surface area contributed by atoms with Gasteiger partial charge in [0, 0.05) is 10.6 Å². The summed E-state index contributed by atoms with van der Waals surface area (Å²) in [7, 11) is -2.78. The van der Waals surface area contributed by atoms with E-state index in [1.807, 2.05) is 60.7 Å². The molecule has 0 unspecified atom stereocenters. The molecule has 3 rings (SSSR count). The van der Waals surface area contributed by atoms with Crippen molar-refractivity contribution in [3.05, 3.63) is 72.6 Å². The molecule has 0 aromatic heterocycles. The second kappa shape index (κ2) is 7.32. The maximum atomic E-state index is 14.1. The van der Waals surface area contributed by atoms with E-state index in [-0.39, 0.29) is 0 Å². The average molecular weight is 324 g/mol. The molecule has 1 fully saturated rings. The van der Waals surface area contributed by atoms with Crippen LogP contribution in [0.2, 0.25) is 0 Å². The first kappa shape index (κ1) is 16.3. The minimum absolute atomic E-state index is 0.650. The lowest BCUT2D eigenvalue weighted by molar-refractivity contribution is 0.359. The molecular formula is C21H25OP. The van der Waals surface area contributed by atoms with Crippen LogP contribution in [0.25, 0.3) is 0 Å². The van der Waals surface area contributed by atoms with Crippen LogP contribution in [0.4, 0.5) is 0 Å². The normalized spacial score (nSPS) is 16.2. The summed E-state index contributed by atoms with van der Waals surface area (Å²) in [4.78, 5) is 0. The number of benzene rings is 2. The summed E-state index contributed by atoms with van der Waals surface area (Å²) in [5, 5.41) is 2.74. The molecule has 0 N–H and O–H groups in total. The van der Waals surface area contributed by atoms with Gasteiger partial charge in [-0.25, -0.2) is 0 Å². The zero-order chi connectivity index (χ0) is 16.1. The average Bonchev–Trinajstić information content (AvgIpc) is 2.63. The van der Waals surface area contributed by atoms with Crippen LogP contribution in [0.5, 0.6) is 0 Å². The summed E-state index contributed by atoms with van der Waals surface area (Å²) in [5.74, 6) is 0.650. The number of hydrogen-bond donors (Lipinski definition) is 0. The summed E-state index contributed by atoms with van der Waals surface area (Å²) in [5.41, 5.74) is 0. The predicted molar refractivity (Wildman–Crippen MR) is 100 cm³/mol. The number of rotatable bonds is 5. The molecule has 1 nitrogen and oxygen atoms in total. The van der Waals surface area contributed by atoms with Crippen molar-refractivity contribution < 1.29 is 4.57 Å². The van der Waals surface area contributed by atoms with Gasteiger partial charge in [-0.15, -0.1) is 0 Å². The van der Waals surface area contributed by atoms with Crippen LogP contribution in [-0.4, -0.2) is 0 Å². The molecule has 0 radical (unpaired) electrons. The van der Waals surface area contributed by atoms with Gasteiger partial charge in [-0.3, -0.25) is 0 Å². The van der Waals surface area contributed by atoms with Crippen molar-refractivity contribution in [2.24, 2.45) is 5.92 Å². The van der Waals surface area contributed by atoms with E-state index in [1.165, 1.54) is 32.1 Å². The molecule has 0 heterocycles. The molecule has 1 aliphatic rings. The molecule has 0 spiro atoms. The summed E-state index contributed by atoms with van der Waals surface area (Å²) in [6.07, 6.45) is 7.35. The van der Waals surface area contributed by atoms with Gasteiger partial charge < -0.3 is 4.57 Å². The lowest BCUT2D eigenvalue weighted by atomic mass is 9.87. The molecule has 120 valence electrons. The van der Waals surface area contributed by atoms with Gasteiger partial charge in [-0.05, 0) is 17.7 Å². The van der Waals surface area contributed by atoms with E-state index in [1.54, 1.807) is 0 Å². The Kier molecular flexibility index (Phi) is 5.18. The minimum atomic E-state index is -2.78. The minimum Gasteiger partial charge on any atom is -0.309 e. The fourth-order valence-electron chi connectivity index (χ4n) is 3.64. The molecule has 0 atom stereocenters. The molecule has 0 bridgehead atoms. The Hall–Kier alpha value is -1.59. The first-order chi connectivity index (χ1) is 11.2. The van der Waals surface area contributed by atoms with Crippen LogP contribution < -0.4 is 10.6 Å². The second-order valence-corrected chi connectivity index (χ2v) is 9.44. The third-order valence-electron chi connectivity index (χ3n) is 4.93. The number of allylic oxidation sites excluding steroid dienone is 1. The molecule has 0 amide bonds. The van der Waals surface area contributed by atoms with Crippen molar-refractivity contribution in [2.75, 3.05) is 0 Å². The zero-order valence-corrected chi connectivity index (χ0v) is 14.6. The van der Waals surface area contributed by atoms with Gasteiger partial charge in [0.2, 0.25) is 0 Å². The summed E-state index contributed by atoms with van der Waals surface area (Å²) in [6.45, 7) is 4.31. The first-order valence-corrected chi connectivity index (χ1v) is 10.3. The highest BCUT2D eigenvalue weighted by atomic mass is 31.2. The first-order valence-electron chi connectivity index (χ1n) is 8.61. The Morgan fingerprint density at radius 2 is 1.35 bits per heavy atom. The van der Waals surface area contributed by atoms with Gasteiger partial charge in [-0.2, -0.15) is 0 Å². The van der Waals surface area contributed by atoms with Crippen molar-refractivity contribution in [3.63, 3.8) is 0 Å². The van der Waals surface area contributed by atoms with Crippen LogP contribution in [0.1, 0.15) is 38.5 Å². The Balaban J connectivity index is 1.95. The van der Waals surface area contributed by atoms with Gasteiger partial charge in [0.1, 0.15) is 0 Å². The quantitative estimate of drug-likeness (QED) is 0.665. The van der Waals surface area contributed by atoms with Crippen molar-refractivity contribution in [3.8, 4) is 0 Å². The molecule has 2 aromatic rings. The molecule has 2 aromatic carbocycles. The van der Waals surface area contributed by atoms with Crippen LogP contribution in [0, 0.1) is 5.92 Å². The molecule has 2 heteroatoms. The van der Waals surface area contributed by atoms with Crippen molar-refractivity contribution in [1.82, 2.24) is 0 Å². The standard InChI is InChI=1S/C21H25OP/c1-18(17-19-11-5-2-6-12-19)23(22,20-13-7-3-8-14-20)21-15-9-4-10-16-21/h3-4,7-10,13-16,19H,1-2,5-6,11-12,17H2. The molecule has 0 saturated heterocycles. The molecule has 1 saturated carbocycles. The van der Waals surface area contributed by atoms with E-state index < -0.39 is 7.14 Å². The lowest BCUT2D eigenvalue weighted by Gasteiger charge is -2.27. The fourth-order valence-corrected chi connectivity index (χ4v) is 6.37. The highest BCUT2D eigenvalue weighted by Gasteiger charge is 2.31. The van der Waals surface area contributed by atoms with E-state index in [0.717, 1.165) is 22.3 Å². The molecule has 23 heavy (non-hydrogen) atoms. The summed E-state index contributed by atoms with van der Waals surface area (Å²) < 4.78 is 14.1. The Morgan fingerprint density at radius 1 is 0.870 bits per heavy atom. The van der Waals surface area contributed by atoms with Gasteiger partial charge >= 0.3 is 0 Å². The topological polar surface area (TPSA) is 17.1 Å². The Morgan fingerprint density at radius 3 is 1.83 bits per heavy atom. The van der Waals surface area contributed by atoms with Gasteiger partial charge in [0.25, 0.3) is 0 Å². The third-order valence-corrected chi connectivity index (χ3v) is 8.06. The molecule has 1 aliphatic carbocycles. The Labute approximate surface area is 139 Å². The molecular weight excluding hydrogens is 299 g/mol. The monoisotopic (exact) mass is 324 g/mol. The van der Waals surface area contributed by atoms with Crippen LogP contribution >= 0.6 is 7.14 Å². The SMILES string of the molecule is C=C(CC1CCCCC1)P(=O)(c1ccccc1)c1ccccc1. The van der Waals surface area contributed by atoms with E-state index in [0.29, 0.717) is 5.92 Å². The highest BCUT2D eigenvalue weighted by Crippen LogP contribution is 2.53.